The van der Waals surface area contributed by atoms with E-state index in [-0.39, 0.29) is 11.6 Å². The number of benzene rings is 1. The molecule has 1 atom stereocenters. The minimum absolute atomic E-state index is 0.0841. The van der Waals surface area contributed by atoms with Gasteiger partial charge in [0, 0.05) is 11.6 Å². The van der Waals surface area contributed by atoms with E-state index < -0.39 is 0 Å². The lowest BCUT2D eigenvalue weighted by Gasteiger charge is -2.18. The summed E-state index contributed by atoms with van der Waals surface area (Å²) in [4.78, 5) is 26.1. The van der Waals surface area contributed by atoms with Crippen LogP contribution in [0.1, 0.15) is 31.5 Å². The van der Waals surface area contributed by atoms with Gasteiger partial charge in [0.2, 0.25) is 0 Å². The molecule has 0 spiro atoms. The number of nitrogens with zero attached hydrogens (tertiary/aromatic N) is 4. The monoisotopic (exact) mass is 370 g/mol. The minimum atomic E-state index is -0.0950. The molecule has 1 aromatic carbocycles. The van der Waals surface area contributed by atoms with Crippen LogP contribution in [0.3, 0.4) is 0 Å². The molecular weight excluding hydrogens is 352 g/mol. The van der Waals surface area contributed by atoms with Crippen molar-refractivity contribution in [2.24, 2.45) is 5.92 Å². The highest BCUT2D eigenvalue weighted by molar-refractivity contribution is 6.33. The average Bonchev–Trinajstić information content (AvgIpc) is 3.47. The molecule has 0 aliphatic heterocycles. The molecule has 2 aromatic heterocycles. The Bertz CT molecular complexity index is 1060. The molecule has 0 bridgehead atoms. The Balaban J connectivity index is 1.99. The van der Waals surface area contributed by atoms with Crippen molar-refractivity contribution < 1.29 is 4.74 Å². The van der Waals surface area contributed by atoms with Gasteiger partial charge in [-0.05, 0) is 50.8 Å². The van der Waals surface area contributed by atoms with E-state index >= 15 is 0 Å². The highest BCUT2D eigenvalue weighted by Crippen LogP contribution is 2.40. The lowest BCUT2D eigenvalue weighted by molar-refractivity contribution is 0.415. The summed E-state index contributed by atoms with van der Waals surface area (Å²) in [5, 5.41) is 0.511. The van der Waals surface area contributed by atoms with Crippen LogP contribution in [-0.2, 0) is 0 Å². The summed E-state index contributed by atoms with van der Waals surface area (Å²) in [5.74, 6) is 1.18. The normalized spacial score (nSPS) is 15.2. The Morgan fingerprint density at radius 1 is 1.31 bits per heavy atom. The SMILES string of the molecule is COc1ccc(-c2ncnc3c2nc(C)c(=O)n3[C@@H](C)C2CC2)c(Cl)c1. The molecular formula is C19H19ClN4O2. The van der Waals surface area contributed by atoms with E-state index in [1.54, 1.807) is 24.7 Å². The standard InChI is InChI=1S/C19H19ClN4O2/c1-10-19(25)24(11(2)12-4-5-12)18-17(23-10)16(21-9-22-18)14-7-6-13(26-3)8-15(14)20/h6-9,11-12H,4-5H2,1-3H3/t11-/m0/s1. The third-order valence-corrected chi connectivity index (χ3v) is 5.29. The molecule has 0 amide bonds. The van der Waals surface area contributed by atoms with Gasteiger partial charge in [0.1, 0.15) is 29.0 Å². The largest absolute Gasteiger partial charge is 0.497 e. The van der Waals surface area contributed by atoms with Crippen molar-refractivity contribution in [1.82, 2.24) is 19.5 Å². The molecule has 0 unspecified atom stereocenters. The Labute approximate surface area is 155 Å². The molecule has 0 N–H and O–H groups in total. The summed E-state index contributed by atoms with van der Waals surface area (Å²) >= 11 is 6.44. The van der Waals surface area contributed by atoms with Gasteiger partial charge in [-0.25, -0.2) is 15.0 Å². The number of aromatic nitrogens is 4. The van der Waals surface area contributed by atoms with Crippen LogP contribution in [0.5, 0.6) is 5.75 Å². The Morgan fingerprint density at radius 2 is 2.08 bits per heavy atom. The third-order valence-electron chi connectivity index (χ3n) is 4.98. The fourth-order valence-corrected chi connectivity index (χ4v) is 3.57. The van der Waals surface area contributed by atoms with Crippen LogP contribution in [0.2, 0.25) is 5.02 Å². The fourth-order valence-electron chi connectivity index (χ4n) is 3.31. The van der Waals surface area contributed by atoms with Crippen molar-refractivity contribution in [3.63, 3.8) is 0 Å². The molecule has 6 nitrogen and oxygen atoms in total. The van der Waals surface area contributed by atoms with Crippen molar-refractivity contribution in [3.8, 4) is 17.0 Å². The summed E-state index contributed by atoms with van der Waals surface area (Å²) in [6.07, 6.45) is 3.74. The maximum absolute atomic E-state index is 12.8. The lowest BCUT2D eigenvalue weighted by atomic mass is 10.1. The molecule has 1 aliphatic rings. The van der Waals surface area contributed by atoms with E-state index in [4.69, 9.17) is 16.3 Å². The zero-order valence-corrected chi connectivity index (χ0v) is 15.6. The van der Waals surface area contributed by atoms with Crippen LogP contribution in [0.25, 0.3) is 22.4 Å². The summed E-state index contributed by atoms with van der Waals surface area (Å²) in [5.41, 5.74) is 2.83. The highest BCUT2D eigenvalue weighted by Gasteiger charge is 2.31. The smallest absolute Gasteiger partial charge is 0.273 e. The van der Waals surface area contributed by atoms with Gasteiger partial charge in [0.05, 0.1) is 12.1 Å². The highest BCUT2D eigenvalue weighted by atomic mass is 35.5. The second-order valence-corrected chi connectivity index (χ2v) is 7.10. The maximum atomic E-state index is 12.8. The molecule has 1 fully saturated rings. The number of ether oxygens (including phenoxy) is 1. The number of aryl methyl sites for hydroxylation is 1. The summed E-state index contributed by atoms with van der Waals surface area (Å²) in [6.45, 7) is 3.80. The summed E-state index contributed by atoms with van der Waals surface area (Å²) < 4.78 is 6.98. The van der Waals surface area contributed by atoms with Crippen molar-refractivity contribution in [2.45, 2.75) is 32.7 Å². The predicted octanol–water partition coefficient (Wildman–Crippen LogP) is 3.79. The molecule has 26 heavy (non-hydrogen) atoms. The molecule has 4 rings (SSSR count). The van der Waals surface area contributed by atoms with Crippen molar-refractivity contribution in [1.29, 1.82) is 0 Å². The number of halogens is 1. The van der Waals surface area contributed by atoms with E-state index in [2.05, 4.69) is 21.9 Å². The first kappa shape index (κ1) is 17.0. The summed E-state index contributed by atoms with van der Waals surface area (Å²) in [6, 6.07) is 5.49. The van der Waals surface area contributed by atoms with E-state index in [1.807, 2.05) is 12.1 Å². The first-order valence-electron chi connectivity index (χ1n) is 8.59. The molecule has 7 heteroatoms. The molecule has 2 heterocycles. The number of hydrogen-bond donors (Lipinski definition) is 0. The van der Waals surface area contributed by atoms with Crippen LogP contribution in [0.4, 0.5) is 0 Å². The number of fused-ring (bicyclic) bond motifs is 1. The molecule has 0 saturated heterocycles. The van der Waals surface area contributed by atoms with Crippen molar-refractivity contribution >= 4 is 22.8 Å². The zero-order chi connectivity index (χ0) is 18.4. The first-order chi connectivity index (χ1) is 12.5. The van der Waals surface area contributed by atoms with Crippen LogP contribution < -0.4 is 10.3 Å². The van der Waals surface area contributed by atoms with Gasteiger partial charge in [0.25, 0.3) is 5.56 Å². The van der Waals surface area contributed by atoms with Gasteiger partial charge < -0.3 is 4.74 Å². The number of methoxy groups -OCH3 is 1. The molecule has 1 saturated carbocycles. The van der Waals surface area contributed by atoms with Crippen molar-refractivity contribution in [3.05, 3.63) is 45.6 Å². The third kappa shape index (κ3) is 2.74. The van der Waals surface area contributed by atoms with Gasteiger partial charge in [-0.3, -0.25) is 9.36 Å². The molecule has 0 radical (unpaired) electrons. The molecule has 3 aromatic rings. The second-order valence-electron chi connectivity index (χ2n) is 6.69. The summed E-state index contributed by atoms with van der Waals surface area (Å²) in [7, 11) is 1.59. The van der Waals surface area contributed by atoms with Crippen LogP contribution in [0.15, 0.2) is 29.3 Å². The van der Waals surface area contributed by atoms with E-state index in [0.717, 1.165) is 18.4 Å². The van der Waals surface area contributed by atoms with Gasteiger partial charge in [-0.1, -0.05) is 11.6 Å². The Hall–Kier alpha value is -2.47. The topological polar surface area (TPSA) is 69.9 Å². The molecule has 134 valence electrons. The molecule has 1 aliphatic carbocycles. The minimum Gasteiger partial charge on any atom is -0.497 e. The van der Waals surface area contributed by atoms with Crippen LogP contribution in [0, 0.1) is 12.8 Å². The quantitative estimate of drug-likeness (QED) is 0.698. The van der Waals surface area contributed by atoms with Gasteiger partial charge in [0.15, 0.2) is 5.65 Å². The van der Waals surface area contributed by atoms with Gasteiger partial charge in [-0.2, -0.15) is 0 Å². The predicted molar refractivity (Wildman–Crippen MR) is 101 cm³/mol. The fraction of sp³-hybridized carbons (Fsp3) is 0.368. The van der Waals surface area contributed by atoms with Gasteiger partial charge >= 0.3 is 0 Å². The Kier molecular flexibility index (Phi) is 4.15. The zero-order valence-electron chi connectivity index (χ0n) is 14.9. The number of hydrogen-bond acceptors (Lipinski definition) is 5. The van der Waals surface area contributed by atoms with Crippen LogP contribution in [-0.4, -0.2) is 26.6 Å². The lowest BCUT2D eigenvalue weighted by Crippen LogP contribution is -2.28. The van der Waals surface area contributed by atoms with E-state index in [1.165, 1.54) is 6.33 Å². The van der Waals surface area contributed by atoms with E-state index in [0.29, 0.717) is 39.2 Å². The van der Waals surface area contributed by atoms with E-state index in [9.17, 15) is 4.79 Å². The van der Waals surface area contributed by atoms with Gasteiger partial charge in [-0.15, -0.1) is 0 Å². The number of rotatable bonds is 4. The maximum Gasteiger partial charge on any atom is 0.273 e. The van der Waals surface area contributed by atoms with Crippen LogP contribution >= 0.6 is 11.6 Å². The average molecular weight is 371 g/mol. The first-order valence-corrected chi connectivity index (χ1v) is 8.96. The Morgan fingerprint density at radius 3 is 2.73 bits per heavy atom. The second kappa shape index (κ2) is 6.36. The van der Waals surface area contributed by atoms with Crippen molar-refractivity contribution in [2.75, 3.05) is 7.11 Å².